The average molecular weight is 247 g/mol. The minimum Gasteiger partial charge on any atom is -0.480 e. The number of anilines is 1. The van der Waals surface area contributed by atoms with E-state index in [0.717, 1.165) is 0 Å². The normalized spacial score (nSPS) is 11.9. The summed E-state index contributed by atoms with van der Waals surface area (Å²) in [6, 6.07) is 4.59. The fourth-order valence-corrected chi connectivity index (χ4v) is 1.70. The second-order valence-corrected chi connectivity index (χ2v) is 4.66. The molecule has 0 unspecified atom stereocenters. The van der Waals surface area contributed by atoms with Crippen molar-refractivity contribution in [2.45, 2.75) is 33.2 Å². The molecule has 5 heteroatoms. The first-order chi connectivity index (χ1) is 8.42. The summed E-state index contributed by atoms with van der Waals surface area (Å²) in [5.41, 5.74) is 1.59. The van der Waals surface area contributed by atoms with Crippen molar-refractivity contribution in [3.05, 3.63) is 23.5 Å². The molecule has 1 aromatic heterocycles. The number of nitrogens with zero attached hydrogens (tertiary/aromatic N) is 2. The summed E-state index contributed by atoms with van der Waals surface area (Å²) >= 11 is 0. The number of carboxylic acid groups (broad SMARTS) is 1. The monoisotopic (exact) mass is 247 g/mol. The van der Waals surface area contributed by atoms with Crippen LogP contribution in [0.1, 0.15) is 31.7 Å². The lowest BCUT2D eigenvalue weighted by molar-refractivity contribution is -0.138. The van der Waals surface area contributed by atoms with Crippen molar-refractivity contribution in [1.29, 1.82) is 5.26 Å². The Bertz CT molecular complexity index is 478. The summed E-state index contributed by atoms with van der Waals surface area (Å²) in [4.78, 5) is 15.2. The molecule has 0 amide bonds. The second-order valence-electron chi connectivity index (χ2n) is 4.66. The van der Waals surface area contributed by atoms with Gasteiger partial charge in [0.2, 0.25) is 0 Å². The van der Waals surface area contributed by atoms with Crippen molar-refractivity contribution >= 4 is 11.7 Å². The highest BCUT2D eigenvalue weighted by atomic mass is 16.4. The zero-order valence-corrected chi connectivity index (χ0v) is 10.8. The van der Waals surface area contributed by atoms with E-state index in [9.17, 15) is 4.79 Å². The molecule has 18 heavy (non-hydrogen) atoms. The molecular formula is C13H17N3O2. The number of rotatable bonds is 5. The van der Waals surface area contributed by atoms with Crippen LogP contribution in [0.25, 0.3) is 0 Å². The van der Waals surface area contributed by atoms with Gasteiger partial charge in [-0.05, 0) is 31.4 Å². The maximum atomic E-state index is 11.1. The third kappa shape index (κ3) is 4.06. The Balaban J connectivity index is 2.90. The summed E-state index contributed by atoms with van der Waals surface area (Å²) in [5.74, 6) is -0.617. The molecule has 0 saturated heterocycles. The van der Waals surface area contributed by atoms with Gasteiger partial charge in [0, 0.05) is 11.4 Å². The molecule has 0 bridgehead atoms. The standard InChI is InChI=1S/C13H17N3O2/c1-8(2)4-12(13(17)18)16-10-5-9(3)15-11(6-10)7-14/h5-6,8,12H,4H2,1-3H3,(H,15,16)(H,17,18)/t12-/m0/s1. The van der Waals surface area contributed by atoms with Gasteiger partial charge in [0.15, 0.2) is 0 Å². The molecule has 0 fully saturated rings. The summed E-state index contributed by atoms with van der Waals surface area (Å²) in [7, 11) is 0. The highest BCUT2D eigenvalue weighted by Crippen LogP contribution is 2.15. The fraction of sp³-hybridized carbons (Fsp3) is 0.462. The van der Waals surface area contributed by atoms with E-state index in [-0.39, 0.29) is 11.6 Å². The maximum absolute atomic E-state index is 11.1. The summed E-state index contributed by atoms with van der Waals surface area (Å²) < 4.78 is 0. The van der Waals surface area contributed by atoms with E-state index >= 15 is 0 Å². The van der Waals surface area contributed by atoms with Crippen LogP contribution in [0, 0.1) is 24.2 Å². The van der Waals surface area contributed by atoms with Crippen LogP contribution in [0.15, 0.2) is 12.1 Å². The minimum absolute atomic E-state index is 0.275. The predicted molar refractivity (Wildman–Crippen MR) is 68.2 cm³/mol. The molecule has 0 spiro atoms. The molecule has 0 radical (unpaired) electrons. The number of pyridine rings is 1. The second kappa shape index (κ2) is 6.01. The lowest BCUT2D eigenvalue weighted by atomic mass is 10.0. The molecule has 0 saturated carbocycles. The zero-order chi connectivity index (χ0) is 13.7. The van der Waals surface area contributed by atoms with Gasteiger partial charge < -0.3 is 10.4 Å². The summed E-state index contributed by atoms with van der Waals surface area (Å²) in [6.07, 6.45) is 0.526. The Labute approximate surface area is 106 Å². The molecular weight excluding hydrogens is 230 g/mol. The summed E-state index contributed by atoms with van der Waals surface area (Å²) in [6.45, 7) is 5.70. The first-order valence-corrected chi connectivity index (χ1v) is 5.80. The number of hydrogen-bond acceptors (Lipinski definition) is 4. The Morgan fingerprint density at radius 3 is 2.72 bits per heavy atom. The zero-order valence-electron chi connectivity index (χ0n) is 10.8. The van der Waals surface area contributed by atoms with E-state index in [1.54, 1.807) is 19.1 Å². The molecule has 1 aromatic rings. The van der Waals surface area contributed by atoms with Crippen LogP contribution >= 0.6 is 0 Å². The molecule has 0 aliphatic carbocycles. The van der Waals surface area contributed by atoms with Gasteiger partial charge in [0.25, 0.3) is 0 Å². The average Bonchev–Trinajstić information content (AvgIpc) is 2.26. The van der Waals surface area contributed by atoms with E-state index < -0.39 is 12.0 Å². The van der Waals surface area contributed by atoms with Crippen LogP contribution < -0.4 is 5.32 Å². The van der Waals surface area contributed by atoms with Gasteiger partial charge in [-0.3, -0.25) is 0 Å². The molecule has 0 aliphatic heterocycles. The van der Waals surface area contributed by atoms with Crippen molar-refractivity contribution in [3.63, 3.8) is 0 Å². The predicted octanol–water partition coefficient (Wildman–Crippen LogP) is 2.17. The Morgan fingerprint density at radius 2 is 2.22 bits per heavy atom. The Kier molecular flexibility index (Phi) is 4.67. The molecule has 0 aromatic carbocycles. The van der Waals surface area contributed by atoms with Crippen LogP contribution in [-0.4, -0.2) is 22.1 Å². The van der Waals surface area contributed by atoms with Gasteiger partial charge in [-0.2, -0.15) is 5.26 Å². The lowest BCUT2D eigenvalue weighted by Gasteiger charge is -2.17. The highest BCUT2D eigenvalue weighted by molar-refractivity contribution is 5.77. The minimum atomic E-state index is -0.892. The number of nitrogens with one attached hydrogen (secondary N) is 1. The smallest absolute Gasteiger partial charge is 0.326 e. The van der Waals surface area contributed by atoms with Crippen LogP contribution in [0.3, 0.4) is 0 Å². The van der Waals surface area contributed by atoms with Crippen molar-refractivity contribution in [2.75, 3.05) is 5.32 Å². The number of aliphatic carboxylic acids is 1. The number of carboxylic acids is 1. The maximum Gasteiger partial charge on any atom is 0.326 e. The number of aromatic nitrogens is 1. The molecule has 1 heterocycles. The van der Waals surface area contributed by atoms with Crippen molar-refractivity contribution in [3.8, 4) is 6.07 Å². The third-order valence-electron chi connectivity index (χ3n) is 2.41. The van der Waals surface area contributed by atoms with Gasteiger partial charge in [-0.1, -0.05) is 13.8 Å². The van der Waals surface area contributed by atoms with Crippen LogP contribution in [-0.2, 0) is 4.79 Å². The van der Waals surface area contributed by atoms with E-state index in [4.69, 9.17) is 10.4 Å². The number of nitriles is 1. The van der Waals surface area contributed by atoms with Gasteiger partial charge in [0.1, 0.15) is 17.8 Å². The number of hydrogen-bond donors (Lipinski definition) is 2. The topological polar surface area (TPSA) is 86.0 Å². The van der Waals surface area contributed by atoms with Crippen LogP contribution in [0.5, 0.6) is 0 Å². The van der Waals surface area contributed by atoms with Crippen molar-refractivity contribution in [1.82, 2.24) is 4.98 Å². The van der Waals surface area contributed by atoms with Gasteiger partial charge in [0.05, 0.1) is 0 Å². The number of aryl methyl sites for hydroxylation is 1. The Morgan fingerprint density at radius 1 is 1.56 bits per heavy atom. The van der Waals surface area contributed by atoms with Gasteiger partial charge >= 0.3 is 5.97 Å². The molecule has 1 rings (SSSR count). The van der Waals surface area contributed by atoms with Crippen LogP contribution in [0.4, 0.5) is 5.69 Å². The van der Waals surface area contributed by atoms with Crippen molar-refractivity contribution < 1.29 is 9.90 Å². The SMILES string of the molecule is Cc1cc(N[C@@H](CC(C)C)C(=O)O)cc(C#N)n1. The highest BCUT2D eigenvalue weighted by Gasteiger charge is 2.18. The van der Waals surface area contributed by atoms with Gasteiger partial charge in [-0.15, -0.1) is 0 Å². The van der Waals surface area contributed by atoms with Crippen molar-refractivity contribution in [2.24, 2.45) is 5.92 Å². The molecule has 5 nitrogen and oxygen atoms in total. The van der Waals surface area contributed by atoms with E-state index in [2.05, 4.69) is 10.3 Å². The molecule has 2 N–H and O–H groups in total. The lowest BCUT2D eigenvalue weighted by Crippen LogP contribution is -2.30. The Hall–Kier alpha value is -2.09. The van der Waals surface area contributed by atoms with E-state index in [1.165, 1.54) is 0 Å². The molecule has 96 valence electrons. The first-order valence-electron chi connectivity index (χ1n) is 5.80. The first kappa shape index (κ1) is 14.0. The van der Waals surface area contributed by atoms with Crippen LogP contribution in [0.2, 0.25) is 0 Å². The molecule has 1 atom stereocenters. The number of carbonyl (C=O) groups is 1. The summed E-state index contributed by atoms with van der Waals surface area (Å²) in [5, 5.41) is 20.9. The quantitative estimate of drug-likeness (QED) is 0.832. The molecule has 0 aliphatic rings. The van der Waals surface area contributed by atoms with E-state index in [0.29, 0.717) is 17.8 Å². The van der Waals surface area contributed by atoms with Gasteiger partial charge in [-0.25, -0.2) is 9.78 Å². The van der Waals surface area contributed by atoms with E-state index in [1.807, 2.05) is 19.9 Å². The fourth-order valence-electron chi connectivity index (χ4n) is 1.70. The largest absolute Gasteiger partial charge is 0.480 e. The third-order valence-corrected chi connectivity index (χ3v) is 2.41.